The summed E-state index contributed by atoms with van der Waals surface area (Å²) >= 11 is 7.61. The zero-order valence-corrected chi connectivity index (χ0v) is 15.6. The van der Waals surface area contributed by atoms with Crippen LogP contribution < -0.4 is 10.7 Å². The number of anilines is 3. The number of aryl methyl sites for hydroxylation is 3. The van der Waals surface area contributed by atoms with Crippen molar-refractivity contribution in [3.63, 3.8) is 0 Å². The summed E-state index contributed by atoms with van der Waals surface area (Å²) in [4.78, 5) is 13.6. The fourth-order valence-electron chi connectivity index (χ4n) is 2.20. The van der Waals surface area contributed by atoms with Gasteiger partial charge in [0.1, 0.15) is 0 Å². The fraction of sp³-hybridized carbons (Fsp3) is 0.176. The van der Waals surface area contributed by atoms with Gasteiger partial charge >= 0.3 is 0 Å². The van der Waals surface area contributed by atoms with Crippen LogP contribution in [0.4, 0.5) is 16.8 Å². The van der Waals surface area contributed by atoms with Crippen molar-refractivity contribution in [2.45, 2.75) is 20.8 Å². The molecule has 25 heavy (non-hydrogen) atoms. The monoisotopic (exact) mass is 372 g/mol. The van der Waals surface area contributed by atoms with E-state index in [0.29, 0.717) is 16.2 Å². The highest BCUT2D eigenvalue weighted by atomic mass is 35.5. The number of nitrogens with zero attached hydrogens (tertiary/aromatic N) is 4. The highest BCUT2D eigenvalue weighted by molar-refractivity contribution is 7.17. The van der Waals surface area contributed by atoms with Crippen molar-refractivity contribution in [1.29, 1.82) is 0 Å². The van der Waals surface area contributed by atoms with Crippen LogP contribution >= 0.6 is 22.9 Å². The smallest absolute Gasteiger partial charge is 0.243 e. The number of hydrogen-bond donors (Lipinski definition) is 2. The highest BCUT2D eigenvalue weighted by Gasteiger charge is 2.08. The molecule has 0 amide bonds. The molecule has 2 heterocycles. The fourth-order valence-corrected chi connectivity index (χ4v) is 3.24. The second kappa shape index (κ2) is 7.58. The summed E-state index contributed by atoms with van der Waals surface area (Å²) in [5.41, 5.74) is 6.71. The molecule has 0 aliphatic rings. The topological polar surface area (TPSA) is 75.1 Å². The maximum Gasteiger partial charge on any atom is 0.243 e. The van der Waals surface area contributed by atoms with Gasteiger partial charge in [0.15, 0.2) is 10.3 Å². The van der Waals surface area contributed by atoms with Crippen LogP contribution in [0, 0.1) is 20.8 Å². The zero-order valence-electron chi connectivity index (χ0n) is 14.0. The van der Waals surface area contributed by atoms with Gasteiger partial charge in [0.05, 0.1) is 11.1 Å². The first-order chi connectivity index (χ1) is 12.0. The summed E-state index contributed by atoms with van der Waals surface area (Å²) in [7, 11) is 0. The van der Waals surface area contributed by atoms with E-state index in [1.54, 1.807) is 6.21 Å². The van der Waals surface area contributed by atoms with Crippen molar-refractivity contribution in [3.05, 3.63) is 57.3 Å². The molecule has 0 bridgehead atoms. The van der Waals surface area contributed by atoms with Gasteiger partial charge in [-0.25, -0.2) is 20.4 Å². The third-order valence-corrected chi connectivity index (χ3v) is 4.63. The summed E-state index contributed by atoms with van der Waals surface area (Å²) in [5.74, 6) is 0.452. The molecule has 0 atom stereocenters. The highest BCUT2D eigenvalue weighted by Crippen LogP contribution is 2.29. The van der Waals surface area contributed by atoms with Crippen LogP contribution in [0.2, 0.25) is 5.15 Å². The average molecular weight is 373 g/mol. The number of nitrogens with one attached hydrogen (secondary N) is 2. The van der Waals surface area contributed by atoms with Gasteiger partial charge in [-0.2, -0.15) is 5.10 Å². The molecule has 3 aromatic rings. The van der Waals surface area contributed by atoms with E-state index in [0.717, 1.165) is 27.5 Å². The molecule has 2 N–H and O–H groups in total. The van der Waals surface area contributed by atoms with Gasteiger partial charge in [-0.3, -0.25) is 0 Å². The molecular formula is C17H17ClN6S. The third kappa shape index (κ3) is 4.52. The molecule has 128 valence electrons. The van der Waals surface area contributed by atoms with Gasteiger partial charge in [0, 0.05) is 17.1 Å². The number of halogens is 1. The van der Waals surface area contributed by atoms with E-state index in [2.05, 4.69) is 30.8 Å². The molecule has 0 radical (unpaired) electrons. The lowest BCUT2D eigenvalue weighted by atomic mass is 10.2. The number of hydrazone groups is 1. The second-order valence-corrected chi connectivity index (χ2v) is 6.85. The van der Waals surface area contributed by atoms with Crippen LogP contribution in [0.15, 0.2) is 35.4 Å². The third-order valence-electron chi connectivity index (χ3n) is 3.32. The molecule has 0 aliphatic heterocycles. The molecule has 8 heteroatoms. The van der Waals surface area contributed by atoms with E-state index in [1.807, 2.05) is 51.1 Å². The van der Waals surface area contributed by atoms with Crippen molar-refractivity contribution in [2.75, 3.05) is 10.7 Å². The van der Waals surface area contributed by atoms with Crippen molar-refractivity contribution in [2.24, 2.45) is 5.10 Å². The van der Waals surface area contributed by atoms with Gasteiger partial charge in [-0.05, 0) is 38.5 Å². The predicted molar refractivity (Wildman–Crippen MR) is 104 cm³/mol. The Hall–Kier alpha value is -2.51. The van der Waals surface area contributed by atoms with E-state index < -0.39 is 0 Å². The molecule has 0 saturated carbocycles. The zero-order chi connectivity index (χ0) is 17.8. The Morgan fingerprint density at radius 2 is 1.80 bits per heavy atom. The van der Waals surface area contributed by atoms with E-state index in [4.69, 9.17) is 11.6 Å². The van der Waals surface area contributed by atoms with Crippen LogP contribution in [0.5, 0.6) is 0 Å². The van der Waals surface area contributed by atoms with Crippen LogP contribution in [0.3, 0.4) is 0 Å². The number of benzene rings is 1. The Kier molecular flexibility index (Phi) is 5.25. The predicted octanol–water partition coefficient (Wildman–Crippen LogP) is 4.70. The Morgan fingerprint density at radius 3 is 2.52 bits per heavy atom. The molecule has 1 aromatic carbocycles. The van der Waals surface area contributed by atoms with Crippen molar-refractivity contribution < 1.29 is 0 Å². The Labute approximate surface area is 155 Å². The molecule has 0 aliphatic carbocycles. The summed E-state index contributed by atoms with van der Waals surface area (Å²) < 4.78 is 0. The standard InChI is InChI=1S/C17H17ClN6S/c1-10-6-4-5-7-13(10)22-17-23-15(18)14(25-17)9-19-24-16-20-11(2)8-12(3)21-16/h4-9H,1-3H3,(H,22,23)(H,20,21,24)/b19-9+. The lowest BCUT2D eigenvalue weighted by Gasteiger charge is -2.05. The maximum atomic E-state index is 6.19. The van der Waals surface area contributed by atoms with E-state index in [1.165, 1.54) is 11.3 Å². The Bertz CT molecular complexity index is 901. The largest absolute Gasteiger partial charge is 0.331 e. The minimum atomic E-state index is 0.396. The quantitative estimate of drug-likeness (QED) is 0.501. The molecule has 0 fully saturated rings. The van der Waals surface area contributed by atoms with Gasteiger partial charge in [0.2, 0.25) is 5.95 Å². The van der Waals surface area contributed by atoms with Crippen LogP contribution in [0.1, 0.15) is 21.8 Å². The van der Waals surface area contributed by atoms with Crippen LogP contribution in [-0.2, 0) is 0 Å². The molecule has 3 rings (SSSR count). The number of aromatic nitrogens is 3. The van der Waals surface area contributed by atoms with E-state index in [9.17, 15) is 0 Å². The molecule has 0 saturated heterocycles. The molecular weight excluding hydrogens is 356 g/mol. The Balaban J connectivity index is 1.71. The first kappa shape index (κ1) is 17.3. The SMILES string of the molecule is Cc1cc(C)nc(N/N=C/c2sc(Nc3ccccc3C)nc2Cl)n1. The molecule has 0 unspecified atom stereocenters. The van der Waals surface area contributed by atoms with E-state index >= 15 is 0 Å². The van der Waals surface area contributed by atoms with Gasteiger partial charge in [-0.15, -0.1) is 0 Å². The number of rotatable bonds is 5. The van der Waals surface area contributed by atoms with Gasteiger partial charge in [-0.1, -0.05) is 41.1 Å². The van der Waals surface area contributed by atoms with Gasteiger partial charge < -0.3 is 5.32 Å². The summed E-state index contributed by atoms with van der Waals surface area (Å²) in [6.07, 6.45) is 1.62. The summed E-state index contributed by atoms with van der Waals surface area (Å²) in [5, 5.41) is 8.53. The molecule has 2 aromatic heterocycles. The molecule has 6 nitrogen and oxygen atoms in total. The second-order valence-electron chi connectivity index (χ2n) is 5.46. The van der Waals surface area contributed by atoms with Gasteiger partial charge in [0.25, 0.3) is 0 Å². The first-order valence-corrected chi connectivity index (χ1v) is 8.81. The van der Waals surface area contributed by atoms with Crippen LogP contribution in [0.25, 0.3) is 0 Å². The Morgan fingerprint density at radius 1 is 1.08 bits per heavy atom. The van der Waals surface area contributed by atoms with Crippen molar-refractivity contribution in [3.8, 4) is 0 Å². The average Bonchev–Trinajstić information content (AvgIpc) is 2.88. The lowest BCUT2D eigenvalue weighted by molar-refractivity contribution is 1.04. The van der Waals surface area contributed by atoms with Crippen molar-refractivity contribution in [1.82, 2.24) is 15.0 Å². The number of para-hydroxylation sites is 1. The summed E-state index contributed by atoms with van der Waals surface area (Å²) in [6, 6.07) is 9.90. The number of hydrogen-bond acceptors (Lipinski definition) is 7. The summed E-state index contributed by atoms with van der Waals surface area (Å²) in [6.45, 7) is 5.86. The minimum Gasteiger partial charge on any atom is -0.331 e. The normalized spacial score (nSPS) is 11.0. The van der Waals surface area contributed by atoms with Crippen LogP contribution in [-0.4, -0.2) is 21.2 Å². The molecule has 0 spiro atoms. The van der Waals surface area contributed by atoms with Crippen molar-refractivity contribution >= 4 is 45.9 Å². The first-order valence-electron chi connectivity index (χ1n) is 7.61. The van der Waals surface area contributed by atoms with E-state index in [-0.39, 0.29) is 0 Å². The minimum absolute atomic E-state index is 0.396. The lowest BCUT2D eigenvalue weighted by Crippen LogP contribution is -1.99. The number of thiazole rings is 1. The maximum absolute atomic E-state index is 6.19.